The summed E-state index contributed by atoms with van der Waals surface area (Å²) < 4.78 is 11.0. The number of amides is 1. The highest BCUT2D eigenvalue weighted by atomic mass is 16.6. The van der Waals surface area contributed by atoms with Crippen molar-refractivity contribution in [2.75, 3.05) is 13.1 Å². The number of nitrogens with one attached hydrogen (secondary N) is 3. The second-order valence-electron chi connectivity index (χ2n) is 8.60. The van der Waals surface area contributed by atoms with Gasteiger partial charge in [-0.25, -0.2) is 9.78 Å². The van der Waals surface area contributed by atoms with Gasteiger partial charge in [-0.05, 0) is 41.6 Å². The highest BCUT2D eigenvalue weighted by Gasteiger charge is 2.37. The third kappa shape index (κ3) is 5.08. The summed E-state index contributed by atoms with van der Waals surface area (Å²) in [6.45, 7) is 2.64. The second-order valence-corrected chi connectivity index (χ2v) is 8.60. The third-order valence-electron chi connectivity index (χ3n) is 6.33. The van der Waals surface area contributed by atoms with Crippen LogP contribution in [0, 0.1) is 0 Å². The van der Waals surface area contributed by atoms with Gasteiger partial charge in [0.1, 0.15) is 12.2 Å². The van der Waals surface area contributed by atoms with Gasteiger partial charge in [0.25, 0.3) is 0 Å². The topological polar surface area (TPSA) is 109 Å². The summed E-state index contributed by atoms with van der Waals surface area (Å²) in [5, 5.41) is 19.8. The number of aromatic nitrogens is 1. The van der Waals surface area contributed by atoms with E-state index >= 15 is 0 Å². The molecule has 33 heavy (non-hydrogen) atoms. The number of aliphatic hydroxyl groups is 1. The number of fused-ring (bicyclic) bond motifs is 1. The van der Waals surface area contributed by atoms with Gasteiger partial charge in [-0.1, -0.05) is 42.5 Å². The lowest BCUT2D eigenvalue weighted by atomic mass is 9.98. The van der Waals surface area contributed by atoms with Crippen LogP contribution in [0.3, 0.4) is 0 Å². The van der Waals surface area contributed by atoms with Gasteiger partial charge < -0.3 is 30.2 Å². The zero-order chi connectivity index (χ0) is 22.6. The zero-order valence-corrected chi connectivity index (χ0v) is 18.3. The van der Waals surface area contributed by atoms with Gasteiger partial charge in [-0.15, -0.1) is 0 Å². The third-order valence-corrected chi connectivity index (χ3v) is 6.33. The number of carbonyl (C=O) groups is 1. The molecule has 3 heterocycles. The fourth-order valence-electron chi connectivity index (χ4n) is 4.52. The zero-order valence-electron chi connectivity index (χ0n) is 18.3. The van der Waals surface area contributed by atoms with Crippen molar-refractivity contribution in [3.63, 3.8) is 0 Å². The summed E-state index contributed by atoms with van der Waals surface area (Å²) in [5.41, 5.74) is 5.69. The number of carbonyl (C=O) groups excluding carboxylic acids is 1. The number of benzene rings is 2. The lowest BCUT2D eigenvalue weighted by molar-refractivity contribution is 0.0188. The molecule has 172 valence electrons. The average Bonchev–Trinajstić information content (AvgIpc) is 3.50. The largest absolute Gasteiger partial charge is 0.444 e. The first-order chi connectivity index (χ1) is 16.2. The maximum Gasteiger partial charge on any atom is 0.407 e. The molecule has 0 saturated carbocycles. The number of hydrogen-bond acceptors (Lipinski definition) is 7. The van der Waals surface area contributed by atoms with E-state index in [1.807, 2.05) is 30.3 Å². The Morgan fingerprint density at radius 2 is 2.03 bits per heavy atom. The van der Waals surface area contributed by atoms with E-state index in [4.69, 9.17) is 9.15 Å². The Kier molecular flexibility index (Phi) is 6.39. The van der Waals surface area contributed by atoms with E-state index in [0.717, 1.165) is 36.2 Å². The fourth-order valence-corrected chi connectivity index (χ4v) is 4.52. The molecule has 0 bridgehead atoms. The van der Waals surface area contributed by atoms with Crippen LogP contribution in [0.2, 0.25) is 0 Å². The SMILES string of the molecule is O=C(NCc1ccc2c(c1)CCNC2)O[C@@H]1[C@@H](O)CN[C@@H]1Cc1ccc(-c2cnco2)cc1. The number of aliphatic hydroxyl groups excluding tert-OH is 1. The molecule has 1 aromatic heterocycles. The summed E-state index contributed by atoms with van der Waals surface area (Å²) >= 11 is 0. The molecule has 2 aromatic carbocycles. The molecule has 0 radical (unpaired) electrons. The van der Waals surface area contributed by atoms with Crippen molar-refractivity contribution < 1.29 is 19.1 Å². The minimum Gasteiger partial charge on any atom is -0.444 e. The van der Waals surface area contributed by atoms with Gasteiger partial charge in [0, 0.05) is 25.2 Å². The van der Waals surface area contributed by atoms with Crippen LogP contribution >= 0.6 is 0 Å². The van der Waals surface area contributed by atoms with Gasteiger partial charge in [0.05, 0.1) is 12.2 Å². The molecular weight excluding hydrogens is 420 g/mol. The van der Waals surface area contributed by atoms with Crippen molar-refractivity contribution in [1.82, 2.24) is 20.9 Å². The Morgan fingerprint density at radius 3 is 2.85 bits per heavy atom. The van der Waals surface area contributed by atoms with E-state index in [-0.39, 0.29) is 6.04 Å². The van der Waals surface area contributed by atoms with Crippen LogP contribution in [0.5, 0.6) is 0 Å². The molecule has 0 aliphatic carbocycles. The number of alkyl carbamates (subject to hydrolysis) is 1. The quantitative estimate of drug-likeness (QED) is 0.458. The minimum atomic E-state index is -0.745. The molecule has 1 amide bonds. The number of hydrogen-bond donors (Lipinski definition) is 4. The van der Waals surface area contributed by atoms with Crippen LogP contribution in [0.4, 0.5) is 4.79 Å². The normalized spacial score (nSPS) is 22.0. The Morgan fingerprint density at radius 1 is 1.18 bits per heavy atom. The standard InChI is InChI=1S/C25H28N4O4/c30-22-13-28-21(10-16-1-4-18(5-2-16)23-14-27-15-32-23)24(22)33-25(31)29-11-17-3-6-20-12-26-8-7-19(20)9-17/h1-6,9,14-15,21-22,24,26,28,30H,7-8,10-13H2,(H,29,31)/t21-,22+,24+/m1/s1. The smallest absolute Gasteiger partial charge is 0.407 e. The summed E-state index contributed by atoms with van der Waals surface area (Å²) in [5.74, 6) is 0.712. The van der Waals surface area contributed by atoms with Crippen molar-refractivity contribution in [2.24, 2.45) is 0 Å². The maximum atomic E-state index is 12.5. The first kappa shape index (κ1) is 21.6. The lowest BCUT2D eigenvalue weighted by Gasteiger charge is -2.22. The van der Waals surface area contributed by atoms with E-state index in [0.29, 0.717) is 25.3 Å². The molecule has 3 atom stereocenters. The molecule has 1 saturated heterocycles. The van der Waals surface area contributed by atoms with Crippen molar-refractivity contribution in [1.29, 1.82) is 0 Å². The van der Waals surface area contributed by atoms with Crippen LogP contribution in [-0.2, 0) is 30.7 Å². The predicted octanol–water partition coefficient (Wildman–Crippen LogP) is 2.16. The summed E-state index contributed by atoms with van der Waals surface area (Å²) in [7, 11) is 0. The van der Waals surface area contributed by atoms with Gasteiger partial charge >= 0.3 is 6.09 Å². The van der Waals surface area contributed by atoms with Crippen molar-refractivity contribution in [3.05, 3.63) is 77.3 Å². The Bertz CT molecular complexity index is 1080. The van der Waals surface area contributed by atoms with Crippen molar-refractivity contribution in [2.45, 2.75) is 44.2 Å². The number of β-amino-alcohol motifs (C(OH)–C–C–N with tert-alkyl or cyclic N) is 1. The lowest BCUT2D eigenvalue weighted by Crippen LogP contribution is -2.41. The highest BCUT2D eigenvalue weighted by molar-refractivity contribution is 5.67. The summed E-state index contributed by atoms with van der Waals surface area (Å²) in [6, 6.07) is 14.1. The molecule has 2 aliphatic rings. The highest BCUT2D eigenvalue weighted by Crippen LogP contribution is 2.22. The average molecular weight is 449 g/mol. The van der Waals surface area contributed by atoms with Crippen LogP contribution in [0.1, 0.15) is 22.3 Å². The molecule has 8 heteroatoms. The molecule has 8 nitrogen and oxygen atoms in total. The van der Waals surface area contributed by atoms with Crippen LogP contribution in [-0.4, -0.2) is 47.5 Å². The Labute approximate surface area is 192 Å². The Hall–Kier alpha value is -3.20. The predicted molar refractivity (Wildman–Crippen MR) is 122 cm³/mol. The van der Waals surface area contributed by atoms with Crippen molar-refractivity contribution >= 4 is 6.09 Å². The van der Waals surface area contributed by atoms with Gasteiger partial charge in [-0.2, -0.15) is 0 Å². The first-order valence-electron chi connectivity index (χ1n) is 11.3. The van der Waals surface area contributed by atoms with Crippen LogP contribution in [0.25, 0.3) is 11.3 Å². The Balaban J connectivity index is 1.16. The molecule has 3 aromatic rings. The van der Waals surface area contributed by atoms with Gasteiger partial charge in [-0.3, -0.25) is 0 Å². The van der Waals surface area contributed by atoms with E-state index in [9.17, 15) is 9.90 Å². The number of rotatable bonds is 6. The molecule has 5 rings (SSSR count). The van der Waals surface area contributed by atoms with E-state index in [2.05, 4.69) is 33.1 Å². The summed E-state index contributed by atoms with van der Waals surface area (Å²) in [6.07, 6.45) is 2.82. The summed E-state index contributed by atoms with van der Waals surface area (Å²) in [4.78, 5) is 16.4. The fraction of sp³-hybridized carbons (Fsp3) is 0.360. The van der Waals surface area contributed by atoms with Crippen molar-refractivity contribution in [3.8, 4) is 11.3 Å². The molecule has 0 unspecified atom stereocenters. The monoisotopic (exact) mass is 448 g/mol. The molecule has 1 fully saturated rings. The molecule has 0 spiro atoms. The van der Waals surface area contributed by atoms with E-state index in [1.54, 1.807) is 6.20 Å². The molecular formula is C25H28N4O4. The number of ether oxygens (including phenoxy) is 1. The van der Waals surface area contributed by atoms with E-state index in [1.165, 1.54) is 17.5 Å². The minimum absolute atomic E-state index is 0.168. The van der Waals surface area contributed by atoms with Crippen LogP contribution in [0.15, 0.2) is 59.5 Å². The second kappa shape index (κ2) is 9.74. The van der Waals surface area contributed by atoms with E-state index < -0.39 is 18.3 Å². The van der Waals surface area contributed by atoms with Gasteiger partial charge in [0.15, 0.2) is 12.2 Å². The van der Waals surface area contributed by atoms with Gasteiger partial charge in [0.2, 0.25) is 0 Å². The molecule has 4 N–H and O–H groups in total. The number of nitrogens with zero attached hydrogens (tertiary/aromatic N) is 1. The molecule has 2 aliphatic heterocycles. The number of oxazole rings is 1. The first-order valence-corrected chi connectivity index (χ1v) is 11.3. The van der Waals surface area contributed by atoms with Crippen LogP contribution < -0.4 is 16.0 Å². The maximum absolute atomic E-state index is 12.5.